The van der Waals surface area contributed by atoms with E-state index < -0.39 is 11.9 Å². The Hall–Kier alpha value is -3.09. The van der Waals surface area contributed by atoms with Gasteiger partial charge in [0, 0.05) is 24.3 Å². The van der Waals surface area contributed by atoms with Gasteiger partial charge in [-0.3, -0.25) is 9.48 Å². The number of hydrogen-bond donors (Lipinski definition) is 1. The van der Waals surface area contributed by atoms with Crippen LogP contribution in [0.3, 0.4) is 0 Å². The van der Waals surface area contributed by atoms with Gasteiger partial charge in [0.05, 0.1) is 0 Å². The monoisotopic (exact) mass is 373 g/mol. The number of nitrogens with zero attached hydrogens (tertiary/aromatic N) is 2. The molecule has 0 saturated carbocycles. The minimum Gasteiger partial charge on any atom is -0.326 e. The Kier molecular flexibility index (Phi) is 5.30. The van der Waals surface area contributed by atoms with Gasteiger partial charge in [-0.15, -0.1) is 0 Å². The predicted octanol–water partition coefficient (Wildman–Crippen LogP) is 4.91. The third-order valence-electron chi connectivity index (χ3n) is 4.10. The average molecular weight is 373 g/mol. The molecule has 3 aromatic rings. The predicted molar refractivity (Wildman–Crippen MR) is 97.1 cm³/mol. The van der Waals surface area contributed by atoms with Crippen LogP contribution in [0.4, 0.5) is 18.9 Å². The van der Waals surface area contributed by atoms with Crippen LogP contribution in [-0.2, 0) is 17.5 Å². The summed E-state index contributed by atoms with van der Waals surface area (Å²) in [6, 6.07) is 18.2. The Bertz CT molecular complexity index is 916. The SMILES string of the molecule is Cc1cc(C(F)(F)F)nn1CCC(=O)Nc1ccc(-c2ccccc2)cc1. The summed E-state index contributed by atoms with van der Waals surface area (Å²) in [6.07, 6.45) is -4.46. The highest BCUT2D eigenvalue weighted by atomic mass is 19.4. The molecule has 0 aliphatic heterocycles. The van der Waals surface area contributed by atoms with Crippen LogP contribution in [0.2, 0.25) is 0 Å². The van der Waals surface area contributed by atoms with Gasteiger partial charge >= 0.3 is 6.18 Å². The van der Waals surface area contributed by atoms with Gasteiger partial charge < -0.3 is 5.32 Å². The Balaban J connectivity index is 1.58. The number of carbonyl (C=O) groups excluding carboxylic acids is 1. The lowest BCUT2D eigenvalue weighted by atomic mass is 10.1. The smallest absolute Gasteiger partial charge is 0.326 e. The summed E-state index contributed by atoms with van der Waals surface area (Å²) < 4.78 is 39.2. The van der Waals surface area contributed by atoms with E-state index in [2.05, 4.69) is 10.4 Å². The summed E-state index contributed by atoms with van der Waals surface area (Å²) in [5.74, 6) is -0.286. The highest BCUT2D eigenvalue weighted by Crippen LogP contribution is 2.28. The molecule has 27 heavy (non-hydrogen) atoms. The van der Waals surface area contributed by atoms with Gasteiger partial charge in [0.15, 0.2) is 5.69 Å². The zero-order valence-corrected chi connectivity index (χ0v) is 14.6. The van der Waals surface area contributed by atoms with Crippen molar-refractivity contribution in [2.24, 2.45) is 0 Å². The third kappa shape index (κ3) is 4.75. The molecule has 0 atom stereocenters. The van der Waals surface area contributed by atoms with Crippen molar-refractivity contribution in [1.29, 1.82) is 0 Å². The van der Waals surface area contributed by atoms with E-state index in [-0.39, 0.29) is 18.9 Å². The number of carbonyl (C=O) groups is 1. The maximum atomic E-state index is 12.7. The molecule has 0 radical (unpaired) electrons. The van der Waals surface area contributed by atoms with E-state index in [0.29, 0.717) is 11.4 Å². The fraction of sp³-hybridized carbons (Fsp3) is 0.200. The molecule has 140 valence electrons. The van der Waals surface area contributed by atoms with Gasteiger partial charge in [-0.25, -0.2) is 0 Å². The Labute approximate surface area is 154 Å². The molecule has 4 nitrogen and oxygen atoms in total. The Morgan fingerprint density at radius 1 is 1.04 bits per heavy atom. The number of halogens is 3. The van der Waals surface area contributed by atoms with Gasteiger partial charge in [0.1, 0.15) is 0 Å². The zero-order chi connectivity index (χ0) is 19.4. The fourth-order valence-corrected chi connectivity index (χ4v) is 2.68. The number of benzene rings is 2. The molecular formula is C20H18F3N3O. The van der Waals surface area contributed by atoms with Crippen molar-refractivity contribution in [2.75, 3.05) is 5.32 Å². The number of nitrogens with one attached hydrogen (secondary N) is 1. The van der Waals surface area contributed by atoms with Gasteiger partial charge in [0.2, 0.25) is 5.91 Å². The minimum absolute atomic E-state index is 0.0280. The first-order chi connectivity index (χ1) is 12.8. The van der Waals surface area contributed by atoms with Crippen molar-refractivity contribution in [2.45, 2.75) is 26.1 Å². The molecule has 0 fully saturated rings. The standard InChI is InChI=1S/C20H18F3N3O/c1-14-13-18(20(21,22)23)25-26(14)12-11-19(27)24-17-9-7-16(8-10-17)15-5-3-2-4-6-15/h2-10,13H,11-12H2,1H3,(H,24,27). The van der Waals surface area contributed by atoms with Crippen molar-refractivity contribution in [1.82, 2.24) is 9.78 Å². The number of rotatable bonds is 5. The highest BCUT2D eigenvalue weighted by molar-refractivity contribution is 5.90. The van der Waals surface area contributed by atoms with Crippen molar-refractivity contribution in [3.8, 4) is 11.1 Å². The molecule has 0 bridgehead atoms. The molecule has 0 unspecified atom stereocenters. The van der Waals surface area contributed by atoms with Crippen molar-refractivity contribution < 1.29 is 18.0 Å². The summed E-state index contributed by atoms with van der Waals surface area (Å²) in [6.45, 7) is 1.61. The van der Waals surface area contributed by atoms with Crippen molar-refractivity contribution in [3.05, 3.63) is 72.1 Å². The maximum Gasteiger partial charge on any atom is 0.435 e. The topological polar surface area (TPSA) is 46.9 Å². The summed E-state index contributed by atoms with van der Waals surface area (Å²) in [5, 5.41) is 6.26. The van der Waals surface area contributed by atoms with E-state index in [4.69, 9.17) is 0 Å². The molecule has 1 heterocycles. The summed E-state index contributed by atoms with van der Waals surface area (Å²) in [4.78, 5) is 12.1. The van der Waals surface area contributed by atoms with Crippen LogP contribution in [-0.4, -0.2) is 15.7 Å². The lowest BCUT2D eigenvalue weighted by Gasteiger charge is -2.08. The molecule has 1 N–H and O–H groups in total. The van der Waals surface area contributed by atoms with Gasteiger partial charge in [-0.1, -0.05) is 42.5 Å². The van der Waals surface area contributed by atoms with E-state index in [1.165, 1.54) is 11.6 Å². The molecule has 7 heteroatoms. The quantitative estimate of drug-likeness (QED) is 0.691. The first-order valence-corrected chi connectivity index (χ1v) is 8.40. The second-order valence-corrected chi connectivity index (χ2v) is 6.13. The molecule has 0 aliphatic rings. The molecule has 1 aromatic heterocycles. The van der Waals surface area contributed by atoms with Crippen LogP contribution < -0.4 is 5.32 Å². The van der Waals surface area contributed by atoms with Crippen LogP contribution in [0, 0.1) is 6.92 Å². The first-order valence-electron chi connectivity index (χ1n) is 8.40. The molecular weight excluding hydrogens is 355 g/mol. The number of aromatic nitrogens is 2. The molecule has 0 aliphatic carbocycles. The second kappa shape index (κ2) is 7.65. The maximum absolute atomic E-state index is 12.7. The van der Waals surface area contributed by atoms with Crippen molar-refractivity contribution in [3.63, 3.8) is 0 Å². The van der Waals surface area contributed by atoms with Crippen LogP contribution in [0.5, 0.6) is 0 Å². The molecule has 3 rings (SSSR count). The lowest BCUT2D eigenvalue weighted by molar-refractivity contribution is -0.141. The number of aryl methyl sites for hydroxylation is 2. The molecule has 0 saturated heterocycles. The summed E-state index contributed by atoms with van der Waals surface area (Å²) in [7, 11) is 0. The van der Waals surface area contributed by atoms with E-state index in [0.717, 1.165) is 17.2 Å². The van der Waals surface area contributed by atoms with Crippen LogP contribution in [0.1, 0.15) is 17.8 Å². The molecule has 1 amide bonds. The summed E-state index contributed by atoms with van der Waals surface area (Å²) >= 11 is 0. The molecule has 2 aromatic carbocycles. The first kappa shape index (κ1) is 18.7. The van der Waals surface area contributed by atoms with Gasteiger partial charge in [-0.05, 0) is 36.2 Å². The van der Waals surface area contributed by atoms with E-state index in [1.54, 1.807) is 12.1 Å². The normalized spacial score (nSPS) is 11.4. The lowest BCUT2D eigenvalue weighted by Crippen LogP contribution is -2.16. The average Bonchev–Trinajstić information content (AvgIpc) is 3.03. The third-order valence-corrected chi connectivity index (χ3v) is 4.10. The number of amides is 1. The molecule has 0 spiro atoms. The van der Waals surface area contributed by atoms with Gasteiger partial charge in [0.25, 0.3) is 0 Å². The van der Waals surface area contributed by atoms with Crippen LogP contribution in [0.25, 0.3) is 11.1 Å². The van der Waals surface area contributed by atoms with Crippen LogP contribution in [0.15, 0.2) is 60.7 Å². The van der Waals surface area contributed by atoms with Gasteiger partial charge in [-0.2, -0.15) is 18.3 Å². The highest BCUT2D eigenvalue weighted by Gasteiger charge is 2.34. The second-order valence-electron chi connectivity index (χ2n) is 6.13. The van der Waals surface area contributed by atoms with E-state index in [1.807, 2.05) is 42.5 Å². The number of anilines is 1. The Morgan fingerprint density at radius 2 is 1.67 bits per heavy atom. The zero-order valence-electron chi connectivity index (χ0n) is 14.6. The van der Waals surface area contributed by atoms with E-state index >= 15 is 0 Å². The number of hydrogen-bond acceptors (Lipinski definition) is 2. The summed E-state index contributed by atoms with van der Waals surface area (Å²) in [5.41, 5.74) is 2.15. The Morgan fingerprint density at radius 3 is 2.26 bits per heavy atom. The minimum atomic E-state index is -4.49. The fourth-order valence-electron chi connectivity index (χ4n) is 2.68. The van der Waals surface area contributed by atoms with Crippen molar-refractivity contribution >= 4 is 11.6 Å². The number of alkyl halides is 3. The largest absolute Gasteiger partial charge is 0.435 e. The van der Waals surface area contributed by atoms with E-state index in [9.17, 15) is 18.0 Å². The van der Waals surface area contributed by atoms with Crippen LogP contribution >= 0.6 is 0 Å².